The van der Waals surface area contributed by atoms with Crippen LogP contribution in [0.5, 0.6) is 0 Å². The summed E-state index contributed by atoms with van der Waals surface area (Å²) in [4.78, 5) is 36.5. The number of benzene rings is 1. The Bertz CT molecular complexity index is 1120. The molecule has 0 atom stereocenters. The van der Waals surface area contributed by atoms with E-state index < -0.39 is 0 Å². The summed E-state index contributed by atoms with van der Waals surface area (Å²) in [5, 5.41) is 8.66. The van der Waals surface area contributed by atoms with Gasteiger partial charge in [0.25, 0.3) is 0 Å². The molecular formula is C24H27N7O2. The molecule has 0 radical (unpaired) electrons. The zero-order valence-electron chi connectivity index (χ0n) is 18.4. The van der Waals surface area contributed by atoms with E-state index in [0.717, 1.165) is 11.1 Å². The van der Waals surface area contributed by atoms with Crippen LogP contribution in [0.1, 0.15) is 24.8 Å². The Morgan fingerprint density at radius 3 is 2.76 bits per heavy atom. The molecule has 0 bridgehead atoms. The van der Waals surface area contributed by atoms with Crippen LogP contribution in [0, 0.1) is 0 Å². The number of nitrogens with two attached hydrogens (primary N) is 1. The van der Waals surface area contributed by atoms with Gasteiger partial charge in [0.2, 0.25) is 17.8 Å². The highest BCUT2D eigenvalue weighted by atomic mass is 16.2. The fourth-order valence-corrected chi connectivity index (χ4v) is 3.05. The molecule has 170 valence electrons. The minimum absolute atomic E-state index is 0.0898. The van der Waals surface area contributed by atoms with Crippen LogP contribution in [0.4, 0.5) is 17.5 Å². The van der Waals surface area contributed by atoms with E-state index in [2.05, 4.69) is 30.9 Å². The Morgan fingerprint density at radius 1 is 1.09 bits per heavy atom. The van der Waals surface area contributed by atoms with Gasteiger partial charge >= 0.3 is 0 Å². The third-order valence-corrected chi connectivity index (χ3v) is 4.68. The maximum Gasteiger partial charge on any atom is 0.243 e. The average Bonchev–Trinajstić information content (AvgIpc) is 2.83. The van der Waals surface area contributed by atoms with Crippen molar-refractivity contribution in [3.63, 3.8) is 0 Å². The summed E-state index contributed by atoms with van der Waals surface area (Å²) in [7, 11) is 1.76. The quantitative estimate of drug-likeness (QED) is 0.278. The summed E-state index contributed by atoms with van der Waals surface area (Å²) in [6, 6.07) is 12.9. The number of carbonyl (C=O) groups is 2. The van der Waals surface area contributed by atoms with E-state index in [1.165, 1.54) is 6.08 Å². The van der Waals surface area contributed by atoms with E-state index in [4.69, 9.17) is 5.73 Å². The third kappa shape index (κ3) is 7.73. The lowest BCUT2D eigenvalue weighted by Gasteiger charge is -2.09. The number of pyridine rings is 1. The third-order valence-electron chi connectivity index (χ3n) is 4.68. The second kappa shape index (κ2) is 11.9. The standard InChI is InChI=1S/C24H27N7O2/c1-26-21-15-20(30-24(25)31-21)18-7-4-8-19(14-18)29-23(33)9-2-3-13-28-22(32)11-10-17-6-5-12-27-16-17/h4-8,10-12,14-16H,2-3,9,13H2,1H3,(H,28,32)(H,29,33)(H3,25,26,30,31)/b11-10+. The van der Waals surface area contributed by atoms with Crippen LogP contribution >= 0.6 is 0 Å². The molecule has 9 heteroatoms. The van der Waals surface area contributed by atoms with Crippen molar-refractivity contribution in [1.29, 1.82) is 0 Å². The van der Waals surface area contributed by atoms with Gasteiger partial charge in [0.15, 0.2) is 0 Å². The van der Waals surface area contributed by atoms with Gasteiger partial charge in [0.1, 0.15) is 5.82 Å². The van der Waals surface area contributed by atoms with Gasteiger partial charge < -0.3 is 21.7 Å². The van der Waals surface area contributed by atoms with Crippen LogP contribution in [0.2, 0.25) is 0 Å². The van der Waals surface area contributed by atoms with E-state index in [-0.39, 0.29) is 17.8 Å². The first kappa shape index (κ1) is 23.4. The molecule has 0 spiro atoms. The number of nitrogens with one attached hydrogen (secondary N) is 3. The molecule has 3 aromatic rings. The van der Waals surface area contributed by atoms with Crippen LogP contribution in [0.25, 0.3) is 17.3 Å². The SMILES string of the molecule is CNc1cc(-c2cccc(NC(=O)CCCCNC(=O)/C=C/c3cccnc3)c2)nc(N)n1. The number of nitrogen functional groups attached to an aromatic ring is 1. The number of nitrogens with zero attached hydrogens (tertiary/aromatic N) is 3. The molecule has 2 heterocycles. The van der Waals surface area contributed by atoms with Gasteiger partial charge in [0.05, 0.1) is 5.69 Å². The highest BCUT2D eigenvalue weighted by Gasteiger charge is 2.07. The van der Waals surface area contributed by atoms with Crippen LogP contribution in [-0.4, -0.2) is 40.4 Å². The van der Waals surface area contributed by atoms with Gasteiger partial charge in [-0.2, -0.15) is 4.98 Å². The van der Waals surface area contributed by atoms with Crippen molar-refractivity contribution in [3.8, 4) is 11.3 Å². The number of unbranched alkanes of at least 4 members (excludes halogenated alkanes) is 1. The van der Waals surface area contributed by atoms with Crippen LogP contribution in [-0.2, 0) is 9.59 Å². The Hall–Kier alpha value is -4.27. The zero-order valence-corrected chi connectivity index (χ0v) is 18.4. The molecule has 1 aromatic carbocycles. The number of aromatic nitrogens is 3. The smallest absolute Gasteiger partial charge is 0.243 e. The second-order valence-electron chi connectivity index (χ2n) is 7.24. The van der Waals surface area contributed by atoms with Gasteiger partial charge in [-0.25, -0.2) is 4.98 Å². The first-order valence-electron chi connectivity index (χ1n) is 10.6. The molecule has 0 aliphatic carbocycles. The molecule has 2 aromatic heterocycles. The summed E-state index contributed by atoms with van der Waals surface area (Å²) in [5.74, 6) is 0.525. The largest absolute Gasteiger partial charge is 0.373 e. The molecule has 3 rings (SSSR count). The van der Waals surface area contributed by atoms with Crippen LogP contribution < -0.4 is 21.7 Å². The van der Waals surface area contributed by atoms with Crippen molar-refractivity contribution < 1.29 is 9.59 Å². The maximum absolute atomic E-state index is 12.3. The number of rotatable bonds is 10. The fraction of sp³-hybridized carbons (Fsp3) is 0.208. The van der Waals surface area contributed by atoms with Gasteiger partial charge in [-0.15, -0.1) is 0 Å². The lowest BCUT2D eigenvalue weighted by atomic mass is 10.1. The highest BCUT2D eigenvalue weighted by molar-refractivity contribution is 5.92. The normalized spacial score (nSPS) is 10.7. The number of hydrogen-bond donors (Lipinski definition) is 4. The molecule has 2 amide bonds. The second-order valence-corrected chi connectivity index (χ2v) is 7.24. The predicted octanol–water partition coefficient (Wildman–Crippen LogP) is 3.10. The monoisotopic (exact) mass is 445 g/mol. The Balaban J connectivity index is 1.41. The number of amides is 2. The van der Waals surface area contributed by atoms with Gasteiger partial charge in [-0.05, 0) is 42.7 Å². The number of anilines is 3. The molecule has 0 aliphatic rings. The van der Waals surface area contributed by atoms with E-state index in [0.29, 0.717) is 43.0 Å². The minimum Gasteiger partial charge on any atom is -0.373 e. The average molecular weight is 446 g/mol. The molecule has 5 N–H and O–H groups in total. The van der Waals surface area contributed by atoms with Crippen molar-refractivity contribution >= 4 is 35.3 Å². The van der Waals surface area contributed by atoms with Crippen molar-refractivity contribution in [2.24, 2.45) is 0 Å². The molecule has 0 saturated carbocycles. The van der Waals surface area contributed by atoms with E-state index in [9.17, 15) is 9.59 Å². The fourth-order valence-electron chi connectivity index (χ4n) is 3.05. The molecular weight excluding hydrogens is 418 g/mol. The maximum atomic E-state index is 12.3. The van der Waals surface area contributed by atoms with Crippen molar-refractivity contribution in [3.05, 3.63) is 66.5 Å². The van der Waals surface area contributed by atoms with E-state index in [1.54, 1.807) is 31.6 Å². The molecule has 0 aliphatic heterocycles. The van der Waals surface area contributed by atoms with Crippen molar-refractivity contribution in [2.45, 2.75) is 19.3 Å². The first-order valence-corrected chi connectivity index (χ1v) is 10.6. The van der Waals surface area contributed by atoms with Crippen LogP contribution in [0.15, 0.2) is 60.9 Å². The Kier molecular flexibility index (Phi) is 8.47. The molecule has 0 fully saturated rings. The van der Waals surface area contributed by atoms with E-state index >= 15 is 0 Å². The lowest BCUT2D eigenvalue weighted by Crippen LogP contribution is -2.22. The predicted molar refractivity (Wildman–Crippen MR) is 130 cm³/mol. The summed E-state index contributed by atoms with van der Waals surface area (Å²) >= 11 is 0. The summed E-state index contributed by atoms with van der Waals surface area (Å²) in [6.45, 7) is 0.502. The number of hydrogen-bond acceptors (Lipinski definition) is 7. The Labute approximate surface area is 192 Å². The van der Waals surface area contributed by atoms with Crippen molar-refractivity contribution in [2.75, 3.05) is 30.0 Å². The van der Waals surface area contributed by atoms with Gasteiger partial charge in [-0.1, -0.05) is 18.2 Å². The molecule has 0 unspecified atom stereocenters. The van der Waals surface area contributed by atoms with E-state index in [1.807, 2.05) is 36.4 Å². The zero-order chi connectivity index (χ0) is 23.5. The van der Waals surface area contributed by atoms with Crippen LogP contribution in [0.3, 0.4) is 0 Å². The minimum atomic E-state index is -0.174. The van der Waals surface area contributed by atoms with Gasteiger partial charge in [-0.3, -0.25) is 14.6 Å². The van der Waals surface area contributed by atoms with Crippen molar-refractivity contribution in [1.82, 2.24) is 20.3 Å². The molecule has 0 saturated heterocycles. The summed E-state index contributed by atoms with van der Waals surface area (Å²) in [5.41, 5.74) is 8.79. The lowest BCUT2D eigenvalue weighted by molar-refractivity contribution is -0.116. The highest BCUT2D eigenvalue weighted by Crippen LogP contribution is 2.23. The van der Waals surface area contributed by atoms with Gasteiger partial charge in [0, 0.05) is 55.8 Å². The number of carbonyl (C=O) groups excluding carboxylic acids is 2. The summed E-state index contributed by atoms with van der Waals surface area (Å²) in [6.07, 6.45) is 8.26. The molecule has 33 heavy (non-hydrogen) atoms. The molecule has 9 nitrogen and oxygen atoms in total. The Morgan fingerprint density at radius 2 is 1.97 bits per heavy atom. The first-order chi connectivity index (χ1) is 16.0. The summed E-state index contributed by atoms with van der Waals surface area (Å²) < 4.78 is 0. The topological polar surface area (TPSA) is 135 Å².